The van der Waals surface area contributed by atoms with Crippen molar-refractivity contribution in [2.75, 3.05) is 27.2 Å². The summed E-state index contributed by atoms with van der Waals surface area (Å²) in [6.07, 6.45) is 0. The van der Waals surface area contributed by atoms with Crippen LogP contribution in [0.25, 0.3) is 0 Å². The van der Waals surface area contributed by atoms with Gasteiger partial charge in [-0.3, -0.25) is 0 Å². The van der Waals surface area contributed by atoms with Gasteiger partial charge in [0.05, 0.1) is 14.1 Å². The minimum absolute atomic E-state index is 0.274. The molecular weight excluding hydrogens is 256 g/mol. The maximum atomic E-state index is 11.6. The molecule has 2 aliphatic heterocycles. The Morgan fingerprint density at radius 1 is 1.05 bits per heavy atom. The predicted molar refractivity (Wildman–Crippen MR) is 60.8 cm³/mol. The second kappa shape index (κ2) is 3.42. The van der Waals surface area contributed by atoms with Crippen LogP contribution in [-0.4, -0.2) is 66.0 Å². The van der Waals surface area contributed by atoms with Crippen molar-refractivity contribution < 1.29 is 28.0 Å². The van der Waals surface area contributed by atoms with E-state index in [-0.39, 0.29) is 13.1 Å². The number of esters is 2. The highest BCUT2D eigenvalue weighted by Crippen LogP contribution is 2.43. The molecule has 2 saturated heterocycles. The second-order valence-corrected chi connectivity index (χ2v) is 4.97. The number of hydrogen-bond acceptors (Lipinski definition) is 6. The van der Waals surface area contributed by atoms with Crippen molar-refractivity contribution in [2.45, 2.75) is 6.03 Å². The van der Waals surface area contributed by atoms with Gasteiger partial charge in [-0.15, -0.1) is 8.97 Å². The lowest BCUT2D eigenvalue weighted by Gasteiger charge is -2.40. The van der Waals surface area contributed by atoms with Gasteiger partial charge < -0.3 is 20.9 Å². The lowest BCUT2D eigenvalue weighted by molar-refractivity contribution is -1.11. The molecule has 2 fully saturated rings. The number of nitrogens with two attached hydrogens (primary N) is 2. The Morgan fingerprint density at radius 3 is 1.63 bits per heavy atom. The lowest BCUT2D eigenvalue weighted by atomic mass is 10.3. The summed E-state index contributed by atoms with van der Waals surface area (Å²) in [5.74, 6) is -2.21. The Morgan fingerprint density at radius 2 is 1.37 bits per heavy atom. The van der Waals surface area contributed by atoms with Gasteiger partial charge in [-0.05, 0) is 0 Å². The molecule has 0 saturated carbocycles. The van der Waals surface area contributed by atoms with E-state index < -0.39 is 38.9 Å². The van der Waals surface area contributed by atoms with Crippen LogP contribution in [0, 0.1) is 10.8 Å². The third-order valence-electron chi connectivity index (χ3n) is 3.69. The van der Waals surface area contributed by atoms with E-state index in [0.717, 1.165) is 0 Å². The molecule has 0 aromatic carbocycles. The minimum atomic E-state index is -1.94. The summed E-state index contributed by atoms with van der Waals surface area (Å²) in [6, 6.07) is -1.94. The van der Waals surface area contributed by atoms with Crippen LogP contribution in [0.2, 0.25) is 0 Å². The van der Waals surface area contributed by atoms with Crippen LogP contribution >= 0.6 is 0 Å². The zero-order valence-electron chi connectivity index (χ0n) is 10.6. The molecule has 2 aliphatic rings. The Labute approximate surface area is 108 Å². The zero-order valence-corrected chi connectivity index (χ0v) is 10.6. The van der Waals surface area contributed by atoms with Gasteiger partial charge in [-0.1, -0.05) is 0 Å². The topological polar surface area (TPSA) is 152 Å². The highest BCUT2D eigenvalue weighted by atomic mass is 16.8. The molecule has 104 valence electrons. The summed E-state index contributed by atoms with van der Waals surface area (Å²) in [5, 5.41) is 15.3. The fourth-order valence-electron chi connectivity index (χ4n) is 2.46. The number of quaternary nitrogens is 2. The molecule has 1 spiro atoms. The van der Waals surface area contributed by atoms with Gasteiger partial charge in [0.2, 0.25) is 0 Å². The van der Waals surface area contributed by atoms with Gasteiger partial charge in [0.1, 0.15) is 0 Å². The van der Waals surface area contributed by atoms with E-state index in [2.05, 4.69) is 0 Å². The number of rotatable bonds is 0. The van der Waals surface area contributed by atoms with E-state index in [0.29, 0.717) is 0 Å². The van der Waals surface area contributed by atoms with Crippen molar-refractivity contribution in [3.05, 3.63) is 0 Å². The molecule has 6 N–H and O–H groups in total. The third-order valence-corrected chi connectivity index (χ3v) is 3.69. The Bertz CT molecular complexity index is 473. The summed E-state index contributed by atoms with van der Waals surface area (Å²) in [4.78, 5) is 23.3. The van der Waals surface area contributed by atoms with Crippen molar-refractivity contribution in [3.8, 4) is 0 Å². The van der Waals surface area contributed by atoms with Crippen LogP contribution in [-0.2, 0) is 19.1 Å². The monoisotopic (exact) mass is 272 g/mol. The van der Waals surface area contributed by atoms with E-state index in [9.17, 15) is 9.59 Å². The number of carbonyl (C=O) groups is 2. The summed E-state index contributed by atoms with van der Waals surface area (Å²) in [5.41, 5.74) is 11.1. The molecule has 2 rings (SSSR count). The number of nitrogens with one attached hydrogen (secondary N) is 2. The van der Waals surface area contributed by atoms with Gasteiger partial charge in [0, 0.05) is 0 Å². The average Bonchev–Trinajstić information content (AvgIpc) is 2.65. The first-order valence-electron chi connectivity index (χ1n) is 5.43. The van der Waals surface area contributed by atoms with Gasteiger partial charge in [0.15, 0.2) is 13.1 Å². The van der Waals surface area contributed by atoms with E-state index >= 15 is 0 Å². The van der Waals surface area contributed by atoms with Crippen LogP contribution in [0.15, 0.2) is 0 Å². The molecule has 10 heteroatoms. The molecule has 10 nitrogen and oxygen atoms in total. The van der Waals surface area contributed by atoms with Crippen molar-refractivity contribution in [1.82, 2.24) is 0 Å². The highest BCUT2D eigenvalue weighted by molar-refractivity contribution is 5.82. The normalized spacial score (nSPS) is 41.2. The third kappa shape index (κ3) is 1.32. The van der Waals surface area contributed by atoms with Gasteiger partial charge in [0.25, 0.3) is 0 Å². The molecule has 0 radical (unpaired) electrons. The number of guanidine groups is 2. The minimum Gasteiger partial charge on any atom is -0.338 e. The molecule has 0 aromatic rings. The first-order chi connectivity index (χ1) is 8.59. The quantitative estimate of drug-likeness (QED) is 0.164. The molecule has 19 heavy (non-hydrogen) atoms. The predicted octanol–water partition coefficient (Wildman–Crippen LogP) is -2.61. The van der Waals surface area contributed by atoms with Gasteiger partial charge >= 0.3 is 29.9 Å². The van der Waals surface area contributed by atoms with E-state index in [1.54, 1.807) is 0 Å². The molecule has 0 bridgehead atoms. The van der Waals surface area contributed by atoms with Gasteiger partial charge in [-0.25, -0.2) is 20.4 Å². The summed E-state index contributed by atoms with van der Waals surface area (Å²) in [7, 11) is 2.84. The van der Waals surface area contributed by atoms with Crippen molar-refractivity contribution in [1.29, 1.82) is 10.8 Å². The van der Waals surface area contributed by atoms with Crippen molar-refractivity contribution in [3.63, 3.8) is 0 Å². The molecule has 0 amide bonds. The van der Waals surface area contributed by atoms with Crippen LogP contribution in [0.4, 0.5) is 0 Å². The second-order valence-electron chi connectivity index (χ2n) is 4.97. The van der Waals surface area contributed by atoms with E-state index in [1.165, 1.54) is 14.1 Å². The highest BCUT2D eigenvalue weighted by Gasteiger charge is 2.82. The Balaban J connectivity index is 2.68. The number of nitrogens with zero attached hydrogens (tertiary/aromatic N) is 2. The van der Waals surface area contributed by atoms with Crippen LogP contribution < -0.4 is 11.5 Å². The first-order valence-corrected chi connectivity index (χ1v) is 5.43. The Hall–Kier alpha value is -2.20. The van der Waals surface area contributed by atoms with Crippen LogP contribution in [0.3, 0.4) is 0 Å². The summed E-state index contributed by atoms with van der Waals surface area (Å²) < 4.78 is 9.13. The number of carbonyl (C=O) groups excluding carboxylic acids is 2. The fourth-order valence-corrected chi connectivity index (χ4v) is 2.46. The summed E-state index contributed by atoms with van der Waals surface area (Å²) >= 11 is 0. The molecule has 0 aromatic heterocycles. The number of hydrogen-bond donors (Lipinski definition) is 4. The Kier molecular flexibility index (Phi) is 2.38. The van der Waals surface area contributed by atoms with Crippen LogP contribution in [0.5, 0.6) is 0 Å². The molecule has 0 aliphatic carbocycles. The molecular formula is C9H16N6O4+2. The van der Waals surface area contributed by atoms with E-state index in [1.807, 2.05) is 0 Å². The largest absolute Gasteiger partial charge is 0.582 e. The number of ether oxygens (including phenoxy) is 2. The smallest absolute Gasteiger partial charge is 0.338 e. The number of likely N-dealkylation sites (N-methyl/N-ethyl adjacent to an activating group) is 2. The van der Waals surface area contributed by atoms with Crippen LogP contribution in [0.1, 0.15) is 0 Å². The maximum Gasteiger partial charge on any atom is 0.582 e. The molecule has 2 heterocycles. The first kappa shape index (κ1) is 13.2. The lowest BCUT2D eigenvalue weighted by Crippen LogP contribution is -2.78. The standard InChI is InChI=1S/C9H16N6O4/c1-14(7(10)11)3-5(16)18-9(14)15(2,8(12)13)4-6(17)19-9/h3-4H2,1-2H3,(H3,10,11)(H3,12,13)/q+2. The van der Waals surface area contributed by atoms with Crippen molar-refractivity contribution >= 4 is 23.9 Å². The molecule has 2 unspecified atom stereocenters. The van der Waals surface area contributed by atoms with Gasteiger partial charge in [-0.2, -0.15) is 0 Å². The van der Waals surface area contributed by atoms with Crippen molar-refractivity contribution in [2.24, 2.45) is 11.5 Å². The average molecular weight is 272 g/mol. The van der Waals surface area contributed by atoms with E-state index in [4.69, 9.17) is 31.8 Å². The fraction of sp³-hybridized carbons (Fsp3) is 0.556. The SMILES string of the molecule is C[N+]1(C(=N)N)CC(=O)OC12OC(=O)C[N+]2(C)C(=N)N. The molecule has 2 atom stereocenters. The summed E-state index contributed by atoms with van der Waals surface area (Å²) in [6.45, 7) is -0.548. The maximum absolute atomic E-state index is 11.6. The zero-order chi connectivity index (χ0) is 14.6.